The lowest BCUT2D eigenvalue weighted by Crippen LogP contribution is -2.26. The number of hydrogen-bond acceptors (Lipinski definition) is 6. The zero-order valence-electron chi connectivity index (χ0n) is 26.1. The van der Waals surface area contributed by atoms with Crippen LogP contribution in [0.5, 0.6) is 5.75 Å². The minimum Gasteiger partial charge on any atom is -0.493 e. The van der Waals surface area contributed by atoms with Gasteiger partial charge in [0.05, 0.1) is 28.9 Å². The van der Waals surface area contributed by atoms with Gasteiger partial charge in [-0.15, -0.1) is 0 Å². The quantitative estimate of drug-likeness (QED) is 0.109. The van der Waals surface area contributed by atoms with E-state index in [9.17, 15) is 13.2 Å². The summed E-state index contributed by atoms with van der Waals surface area (Å²) < 4.78 is 39.8. The van der Waals surface area contributed by atoms with Gasteiger partial charge in [-0.2, -0.15) is 0 Å². The number of ether oxygens (including phenoxy) is 2. The molecule has 0 spiro atoms. The number of nitrogens with one attached hydrogen (secondary N) is 2. The van der Waals surface area contributed by atoms with Crippen LogP contribution in [0.15, 0.2) is 47.0 Å². The Labute approximate surface area is 262 Å². The number of carbonyl (C=O) groups is 1. The molecule has 0 saturated heterocycles. The fourth-order valence-corrected chi connectivity index (χ4v) is 6.00. The fourth-order valence-electron chi connectivity index (χ4n) is 4.09. The van der Waals surface area contributed by atoms with Crippen LogP contribution in [-0.4, -0.2) is 34.1 Å². The maximum absolute atomic E-state index is 13.0. The van der Waals surface area contributed by atoms with Crippen LogP contribution >= 0.6 is 23.2 Å². The van der Waals surface area contributed by atoms with Crippen LogP contribution < -0.4 is 14.8 Å². The first-order chi connectivity index (χ1) is 19.6. The van der Waals surface area contributed by atoms with Gasteiger partial charge in [-0.3, -0.25) is 0 Å². The van der Waals surface area contributed by atoms with Crippen molar-refractivity contribution in [2.24, 2.45) is 0 Å². The second-order valence-corrected chi connectivity index (χ2v) is 14.0. The van der Waals surface area contributed by atoms with Crippen LogP contribution in [0.2, 0.25) is 10.0 Å². The molecule has 0 aliphatic heterocycles. The Morgan fingerprint density at radius 1 is 0.952 bits per heavy atom. The Morgan fingerprint density at radius 3 is 2.21 bits per heavy atom. The van der Waals surface area contributed by atoms with Crippen molar-refractivity contribution in [3.8, 4) is 5.75 Å². The number of hydrogen-bond donors (Lipinski definition) is 2. The van der Waals surface area contributed by atoms with Gasteiger partial charge in [0.2, 0.25) is 10.0 Å². The molecule has 234 valence electrons. The average molecular weight is 642 g/mol. The number of sulfonamides is 1. The number of rotatable bonds is 16. The molecule has 0 amide bonds. The third-order valence-electron chi connectivity index (χ3n) is 7.69. The van der Waals surface area contributed by atoms with E-state index in [1.54, 1.807) is 6.92 Å². The predicted molar refractivity (Wildman–Crippen MR) is 173 cm³/mol. The summed E-state index contributed by atoms with van der Waals surface area (Å²) in [5.74, 6) is 0.334. The van der Waals surface area contributed by atoms with Gasteiger partial charge in [-0.05, 0) is 67.2 Å². The van der Waals surface area contributed by atoms with E-state index in [1.165, 1.54) is 23.8 Å². The lowest BCUT2D eigenvalue weighted by Gasteiger charge is -2.30. The third kappa shape index (κ3) is 9.63. The minimum atomic E-state index is -3.93. The Bertz CT molecular complexity index is 1370. The molecule has 0 radical (unpaired) electrons. The lowest BCUT2D eigenvalue weighted by atomic mass is 9.76. The molecule has 2 aromatic carbocycles. The molecule has 0 saturated carbocycles. The molecule has 0 aliphatic rings. The third-order valence-corrected chi connectivity index (χ3v) is 9.93. The van der Waals surface area contributed by atoms with Gasteiger partial charge in [0.15, 0.2) is 0 Å². The molecule has 2 aromatic rings. The SMILES string of the molecule is CCOC(=O)C=C(CC)Nc1cc(Cl)c(S(=O)(=O)NCCCOc2ccc(C(C)(C)CC)cc2C(C)(C)CC)cc1Cl. The van der Waals surface area contributed by atoms with Crippen molar-refractivity contribution in [3.63, 3.8) is 0 Å². The Balaban J connectivity index is 2.09. The highest BCUT2D eigenvalue weighted by atomic mass is 35.5. The summed E-state index contributed by atoms with van der Waals surface area (Å²) in [4.78, 5) is 11.7. The van der Waals surface area contributed by atoms with E-state index >= 15 is 0 Å². The fraction of sp³-hybridized carbons (Fsp3) is 0.531. The maximum Gasteiger partial charge on any atom is 0.332 e. The van der Waals surface area contributed by atoms with Crippen molar-refractivity contribution in [3.05, 3.63) is 63.3 Å². The molecule has 2 rings (SSSR count). The van der Waals surface area contributed by atoms with E-state index < -0.39 is 16.0 Å². The molecule has 0 heterocycles. The highest BCUT2D eigenvalue weighted by molar-refractivity contribution is 7.89. The summed E-state index contributed by atoms with van der Waals surface area (Å²) in [5.41, 5.74) is 3.36. The molecule has 0 atom stereocenters. The van der Waals surface area contributed by atoms with Gasteiger partial charge in [-0.25, -0.2) is 17.9 Å². The van der Waals surface area contributed by atoms with Crippen molar-refractivity contribution >= 4 is 44.9 Å². The van der Waals surface area contributed by atoms with Crippen molar-refractivity contribution in [1.29, 1.82) is 0 Å². The summed E-state index contributed by atoms with van der Waals surface area (Å²) in [7, 11) is -3.93. The van der Waals surface area contributed by atoms with Crippen molar-refractivity contribution in [2.45, 2.75) is 96.8 Å². The van der Waals surface area contributed by atoms with E-state index in [1.807, 2.05) is 13.0 Å². The topological polar surface area (TPSA) is 93.7 Å². The molecule has 0 bridgehead atoms. The molecule has 0 aliphatic carbocycles. The van der Waals surface area contributed by atoms with Gasteiger partial charge >= 0.3 is 5.97 Å². The zero-order valence-corrected chi connectivity index (χ0v) is 28.4. The highest BCUT2D eigenvalue weighted by Crippen LogP contribution is 2.38. The first kappa shape index (κ1) is 35.9. The van der Waals surface area contributed by atoms with Crippen LogP contribution in [0, 0.1) is 0 Å². The summed E-state index contributed by atoms with van der Waals surface area (Å²) in [6, 6.07) is 9.13. The molecular formula is C32H46Cl2N2O5S. The van der Waals surface area contributed by atoms with Crippen LogP contribution in [0.4, 0.5) is 5.69 Å². The number of benzene rings is 2. The standard InChI is InChI=1S/C32H46Cl2N2O5S/c1-9-23(19-30(37)40-12-4)36-27-20-26(34)29(21-25(27)33)42(38,39)35-16-13-17-41-28-15-14-22(31(5,6)10-2)18-24(28)32(7,8)11-3/h14-15,18-21,35-36H,9-13,16-17H2,1-8H3. The molecule has 0 aromatic heterocycles. The van der Waals surface area contributed by atoms with E-state index in [0.717, 1.165) is 24.2 Å². The van der Waals surface area contributed by atoms with Gasteiger partial charge in [-0.1, -0.05) is 83.8 Å². The molecule has 2 N–H and O–H groups in total. The number of allylic oxidation sites excluding steroid dienone is 1. The molecule has 0 fully saturated rings. The summed E-state index contributed by atoms with van der Waals surface area (Å²) in [6.07, 6.45) is 4.26. The van der Waals surface area contributed by atoms with E-state index in [4.69, 9.17) is 32.7 Å². The minimum absolute atomic E-state index is 0.00114. The molecule has 42 heavy (non-hydrogen) atoms. The summed E-state index contributed by atoms with van der Waals surface area (Å²) in [5, 5.41) is 3.17. The van der Waals surface area contributed by atoms with E-state index in [2.05, 4.69) is 63.7 Å². The summed E-state index contributed by atoms with van der Waals surface area (Å²) in [6.45, 7) is 17.6. The lowest BCUT2D eigenvalue weighted by molar-refractivity contribution is -0.137. The highest BCUT2D eigenvalue weighted by Gasteiger charge is 2.27. The Hall–Kier alpha value is -2.26. The van der Waals surface area contributed by atoms with Gasteiger partial charge in [0.25, 0.3) is 0 Å². The molecular weight excluding hydrogens is 595 g/mol. The predicted octanol–water partition coefficient (Wildman–Crippen LogP) is 8.38. The second-order valence-electron chi connectivity index (χ2n) is 11.4. The largest absolute Gasteiger partial charge is 0.493 e. The first-order valence-corrected chi connectivity index (χ1v) is 16.8. The van der Waals surface area contributed by atoms with Crippen LogP contribution in [0.1, 0.15) is 92.2 Å². The second kappa shape index (κ2) is 15.5. The van der Waals surface area contributed by atoms with Crippen molar-refractivity contribution in [1.82, 2.24) is 4.72 Å². The smallest absolute Gasteiger partial charge is 0.332 e. The van der Waals surface area contributed by atoms with Gasteiger partial charge < -0.3 is 14.8 Å². The van der Waals surface area contributed by atoms with Gasteiger partial charge in [0, 0.05) is 23.9 Å². The Morgan fingerprint density at radius 2 is 1.62 bits per heavy atom. The molecule has 0 unspecified atom stereocenters. The van der Waals surface area contributed by atoms with Crippen molar-refractivity contribution < 1.29 is 22.7 Å². The number of carbonyl (C=O) groups excluding carboxylic acids is 1. The van der Waals surface area contributed by atoms with E-state index in [0.29, 0.717) is 30.8 Å². The monoisotopic (exact) mass is 640 g/mol. The first-order valence-electron chi connectivity index (χ1n) is 14.5. The van der Waals surface area contributed by atoms with Gasteiger partial charge in [0.1, 0.15) is 10.6 Å². The molecule has 7 nitrogen and oxygen atoms in total. The van der Waals surface area contributed by atoms with E-state index in [-0.39, 0.29) is 38.9 Å². The normalized spacial score (nSPS) is 12.8. The number of esters is 1. The van der Waals surface area contributed by atoms with Crippen LogP contribution in [0.3, 0.4) is 0 Å². The number of halogens is 2. The van der Waals surface area contributed by atoms with Crippen LogP contribution in [0.25, 0.3) is 0 Å². The Kier molecular flexibility index (Phi) is 13.2. The average Bonchev–Trinajstić information content (AvgIpc) is 2.94. The number of anilines is 1. The maximum atomic E-state index is 13.0. The molecule has 10 heteroatoms. The van der Waals surface area contributed by atoms with Crippen LogP contribution in [-0.2, 0) is 30.4 Å². The summed E-state index contributed by atoms with van der Waals surface area (Å²) >= 11 is 12.8. The van der Waals surface area contributed by atoms with Crippen molar-refractivity contribution in [2.75, 3.05) is 25.1 Å². The zero-order chi connectivity index (χ0) is 31.7.